The largest absolute Gasteiger partial charge is 0.460 e. The van der Waals surface area contributed by atoms with Gasteiger partial charge in [-0.25, -0.2) is 19.9 Å². The second-order valence-corrected chi connectivity index (χ2v) is 10.2. The molecule has 0 amide bonds. The summed E-state index contributed by atoms with van der Waals surface area (Å²) in [7, 11) is 4.12. The van der Waals surface area contributed by atoms with Crippen LogP contribution in [0.3, 0.4) is 0 Å². The molecular weight excluding hydrogens is 422 g/mol. The van der Waals surface area contributed by atoms with Crippen LogP contribution in [0.15, 0.2) is 30.9 Å². The molecule has 8 nitrogen and oxygen atoms in total. The van der Waals surface area contributed by atoms with E-state index in [-0.39, 0.29) is 6.10 Å². The standard InChI is InChI=1S/C23H29N7OS/c1-30(2)12-6-16-13-25-20(26-14-16)29-22-27-15-19(32-22)18-5-11-24-21(28-18)31-17-3-7-23(8-4-17)9-10-23/h5,11,13-15,17H,3-4,6-10,12H2,1-2H3,(H,25,26,27,29). The molecule has 0 aliphatic heterocycles. The molecular formula is C23H29N7OS. The Kier molecular flexibility index (Phi) is 6.01. The Morgan fingerprint density at radius 3 is 2.56 bits per heavy atom. The lowest BCUT2D eigenvalue weighted by Crippen LogP contribution is -2.25. The van der Waals surface area contributed by atoms with Crippen molar-refractivity contribution in [3.8, 4) is 16.6 Å². The average Bonchev–Trinajstić information content (AvgIpc) is 3.39. The van der Waals surface area contributed by atoms with Gasteiger partial charge in [0.2, 0.25) is 5.95 Å². The zero-order chi connectivity index (χ0) is 22.0. The number of aromatic nitrogens is 5. The molecule has 0 radical (unpaired) electrons. The van der Waals surface area contributed by atoms with Crippen molar-refractivity contribution in [2.24, 2.45) is 5.41 Å². The molecule has 9 heteroatoms. The molecule has 3 heterocycles. The summed E-state index contributed by atoms with van der Waals surface area (Å²) in [5.41, 5.74) is 2.59. The van der Waals surface area contributed by atoms with Crippen LogP contribution in [0.4, 0.5) is 11.1 Å². The van der Waals surface area contributed by atoms with Crippen molar-refractivity contribution in [1.82, 2.24) is 29.8 Å². The number of hydrogen-bond acceptors (Lipinski definition) is 9. The van der Waals surface area contributed by atoms with Gasteiger partial charge in [-0.3, -0.25) is 0 Å². The first-order chi connectivity index (χ1) is 15.6. The Morgan fingerprint density at radius 1 is 1.06 bits per heavy atom. The van der Waals surface area contributed by atoms with Crippen LogP contribution in [0.2, 0.25) is 0 Å². The predicted octanol–water partition coefficient (Wildman–Crippen LogP) is 4.34. The molecule has 168 valence electrons. The number of likely N-dealkylation sites (N-methyl/N-ethyl adjacent to an activating group) is 1. The molecule has 3 aromatic rings. The summed E-state index contributed by atoms with van der Waals surface area (Å²) < 4.78 is 6.11. The molecule has 32 heavy (non-hydrogen) atoms. The Bertz CT molecular complexity index is 1040. The lowest BCUT2D eigenvalue weighted by Gasteiger charge is -2.28. The van der Waals surface area contributed by atoms with Crippen molar-refractivity contribution in [3.05, 3.63) is 36.4 Å². The Morgan fingerprint density at radius 2 is 1.84 bits per heavy atom. The molecule has 2 fully saturated rings. The molecule has 0 atom stereocenters. The summed E-state index contributed by atoms with van der Waals surface area (Å²) in [6.07, 6.45) is 16.0. The highest BCUT2D eigenvalue weighted by molar-refractivity contribution is 7.18. The Labute approximate surface area is 192 Å². The summed E-state index contributed by atoms with van der Waals surface area (Å²) in [4.78, 5) is 25.3. The van der Waals surface area contributed by atoms with Crippen LogP contribution in [-0.2, 0) is 6.42 Å². The fourth-order valence-electron chi connectivity index (χ4n) is 4.13. The van der Waals surface area contributed by atoms with Crippen LogP contribution in [0, 0.1) is 5.41 Å². The molecule has 0 bridgehead atoms. The van der Waals surface area contributed by atoms with E-state index in [1.165, 1.54) is 37.0 Å². The van der Waals surface area contributed by atoms with E-state index in [1.807, 2.05) is 24.7 Å². The van der Waals surface area contributed by atoms with Gasteiger partial charge in [-0.05, 0) is 76.1 Å². The lowest BCUT2D eigenvalue weighted by molar-refractivity contribution is 0.114. The molecule has 2 saturated carbocycles. The second-order valence-electron chi connectivity index (χ2n) is 9.16. The molecule has 3 aromatic heterocycles. The van der Waals surface area contributed by atoms with E-state index >= 15 is 0 Å². The van der Waals surface area contributed by atoms with E-state index in [2.05, 4.69) is 49.2 Å². The maximum Gasteiger partial charge on any atom is 0.317 e. The van der Waals surface area contributed by atoms with Gasteiger partial charge in [0.25, 0.3) is 0 Å². The SMILES string of the molecule is CN(C)CCc1cnc(Nc2ncc(-c3ccnc(OC4CCC5(CC4)CC5)n3)s2)nc1. The highest BCUT2D eigenvalue weighted by Crippen LogP contribution is 2.56. The third-order valence-corrected chi connectivity index (χ3v) is 7.32. The first kappa shape index (κ1) is 21.2. The van der Waals surface area contributed by atoms with Gasteiger partial charge in [-0.15, -0.1) is 0 Å². The van der Waals surface area contributed by atoms with E-state index < -0.39 is 0 Å². The first-order valence-electron chi connectivity index (χ1n) is 11.3. The molecule has 1 spiro atoms. The number of rotatable bonds is 8. The third-order valence-electron chi connectivity index (χ3n) is 6.39. The smallest absolute Gasteiger partial charge is 0.317 e. The van der Waals surface area contributed by atoms with Crippen LogP contribution < -0.4 is 10.1 Å². The van der Waals surface area contributed by atoms with Crippen LogP contribution >= 0.6 is 11.3 Å². The number of hydrogen-bond donors (Lipinski definition) is 1. The van der Waals surface area contributed by atoms with Gasteiger partial charge in [0.15, 0.2) is 5.13 Å². The van der Waals surface area contributed by atoms with Crippen LogP contribution in [-0.4, -0.2) is 56.6 Å². The van der Waals surface area contributed by atoms with Gasteiger partial charge in [-0.1, -0.05) is 11.3 Å². The monoisotopic (exact) mass is 451 g/mol. The lowest BCUT2D eigenvalue weighted by atomic mass is 9.85. The number of thiazole rings is 1. The van der Waals surface area contributed by atoms with Crippen LogP contribution in [0.5, 0.6) is 6.01 Å². The predicted molar refractivity (Wildman–Crippen MR) is 125 cm³/mol. The van der Waals surface area contributed by atoms with Gasteiger partial charge in [0.05, 0.1) is 10.6 Å². The van der Waals surface area contributed by atoms with Crippen molar-refractivity contribution >= 4 is 22.4 Å². The van der Waals surface area contributed by atoms with E-state index in [9.17, 15) is 0 Å². The maximum absolute atomic E-state index is 6.11. The summed E-state index contributed by atoms with van der Waals surface area (Å²) in [6.45, 7) is 0.970. The first-order valence-corrected chi connectivity index (χ1v) is 12.1. The van der Waals surface area contributed by atoms with E-state index in [1.54, 1.807) is 6.20 Å². The number of nitrogens with zero attached hydrogens (tertiary/aromatic N) is 6. The minimum Gasteiger partial charge on any atom is -0.460 e. The van der Waals surface area contributed by atoms with Gasteiger partial charge in [0, 0.05) is 31.3 Å². The normalized spacial score (nSPS) is 17.6. The minimum absolute atomic E-state index is 0.230. The number of anilines is 2. The molecule has 5 rings (SSSR count). The van der Waals surface area contributed by atoms with Gasteiger partial charge < -0.3 is 15.0 Å². The minimum atomic E-state index is 0.230. The third kappa shape index (κ3) is 5.21. The Balaban J connectivity index is 1.19. The van der Waals surface area contributed by atoms with Crippen molar-refractivity contribution in [1.29, 1.82) is 0 Å². The summed E-state index contributed by atoms with van der Waals surface area (Å²) >= 11 is 1.51. The van der Waals surface area contributed by atoms with Crippen molar-refractivity contribution in [2.45, 2.75) is 51.0 Å². The van der Waals surface area contributed by atoms with Crippen LogP contribution in [0.25, 0.3) is 10.6 Å². The quantitative estimate of drug-likeness (QED) is 0.541. The average molecular weight is 452 g/mol. The fourth-order valence-corrected chi connectivity index (χ4v) is 4.91. The molecule has 0 aromatic carbocycles. The second kappa shape index (κ2) is 9.07. The van der Waals surface area contributed by atoms with Gasteiger partial charge >= 0.3 is 6.01 Å². The zero-order valence-electron chi connectivity index (χ0n) is 18.6. The van der Waals surface area contributed by atoms with Crippen molar-refractivity contribution in [3.63, 3.8) is 0 Å². The highest BCUT2D eigenvalue weighted by atomic mass is 32.1. The molecule has 1 N–H and O–H groups in total. The molecule has 2 aliphatic rings. The summed E-state index contributed by atoms with van der Waals surface area (Å²) in [5.74, 6) is 0.539. The fraction of sp³-hybridized carbons (Fsp3) is 0.522. The van der Waals surface area contributed by atoms with Crippen molar-refractivity contribution < 1.29 is 4.74 Å². The molecule has 0 unspecified atom stereocenters. The van der Waals surface area contributed by atoms with Crippen LogP contribution in [0.1, 0.15) is 44.1 Å². The van der Waals surface area contributed by atoms with E-state index in [0.29, 0.717) is 17.4 Å². The highest BCUT2D eigenvalue weighted by Gasteiger charge is 2.45. The Hall–Kier alpha value is -2.65. The molecule has 2 aliphatic carbocycles. The van der Waals surface area contributed by atoms with E-state index in [0.717, 1.165) is 47.1 Å². The van der Waals surface area contributed by atoms with Crippen molar-refractivity contribution in [2.75, 3.05) is 26.0 Å². The summed E-state index contributed by atoms with van der Waals surface area (Å²) in [6, 6.07) is 2.35. The summed E-state index contributed by atoms with van der Waals surface area (Å²) in [5, 5.41) is 3.91. The van der Waals surface area contributed by atoms with E-state index in [4.69, 9.17) is 4.74 Å². The van der Waals surface area contributed by atoms with Gasteiger partial charge in [-0.2, -0.15) is 4.98 Å². The van der Waals surface area contributed by atoms with Gasteiger partial charge in [0.1, 0.15) is 6.10 Å². The topological polar surface area (TPSA) is 89.0 Å². The number of nitrogens with one attached hydrogen (secondary N) is 1. The maximum atomic E-state index is 6.11. The zero-order valence-corrected chi connectivity index (χ0v) is 19.4. The number of ether oxygens (including phenoxy) is 1. The molecule has 0 saturated heterocycles.